The fourth-order valence-corrected chi connectivity index (χ4v) is 1.75. The number of amides is 1. The van der Waals surface area contributed by atoms with Gasteiger partial charge in [0.2, 0.25) is 0 Å². The van der Waals surface area contributed by atoms with Crippen molar-refractivity contribution >= 4 is 5.91 Å². The second kappa shape index (κ2) is 4.78. The molecule has 0 saturated carbocycles. The average Bonchev–Trinajstić information content (AvgIpc) is 2.18. The highest BCUT2D eigenvalue weighted by Gasteiger charge is 2.19. The summed E-state index contributed by atoms with van der Waals surface area (Å²) >= 11 is 0. The van der Waals surface area contributed by atoms with Crippen LogP contribution in [0.5, 0.6) is 5.75 Å². The minimum absolute atomic E-state index is 0.0600. The van der Waals surface area contributed by atoms with Gasteiger partial charge in [0, 0.05) is 19.2 Å². The molecule has 17 heavy (non-hydrogen) atoms. The van der Waals surface area contributed by atoms with E-state index < -0.39 is 0 Å². The first-order valence-corrected chi connectivity index (χ1v) is 5.76. The number of nitrogens with zero attached hydrogens (tertiary/aromatic N) is 1. The van der Waals surface area contributed by atoms with Gasteiger partial charge >= 0.3 is 0 Å². The first-order chi connectivity index (χ1) is 7.70. The van der Waals surface area contributed by atoms with Crippen molar-refractivity contribution in [3.63, 3.8) is 0 Å². The van der Waals surface area contributed by atoms with Crippen LogP contribution in [0.4, 0.5) is 0 Å². The number of benzene rings is 1. The summed E-state index contributed by atoms with van der Waals surface area (Å²) in [6, 6.07) is 5.03. The Morgan fingerprint density at radius 2 is 1.94 bits per heavy atom. The van der Waals surface area contributed by atoms with Crippen molar-refractivity contribution in [2.75, 3.05) is 13.6 Å². The SMILES string of the molecule is Cc1ccc(C(=O)N(C)CC(C)(C)C)cc1O. The number of aromatic hydroxyl groups is 1. The predicted octanol–water partition coefficient (Wildman–Crippen LogP) is 2.82. The van der Waals surface area contributed by atoms with Gasteiger partial charge in [-0.15, -0.1) is 0 Å². The van der Waals surface area contributed by atoms with Gasteiger partial charge in [-0.1, -0.05) is 26.8 Å². The molecule has 0 unspecified atom stereocenters. The molecule has 0 spiro atoms. The molecule has 0 radical (unpaired) electrons. The van der Waals surface area contributed by atoms with E-state index in [0.717, 1.165) is 5.56 Å². The van der Waals surface area contributed by atoms with Gasteiger partial charge in [0.1, 0.15) is 5.75 Å². The fraction of sp³-hybridized carbons (Fsp3) is 0.500. The normalized spacial score (nSPS) is 11.4. The van der Waals surface area contributed by atoms with E-state index in [1.807, 2.05) is 6.92 Å². The summed E-state index contributed by atoms with van der Waals surface area (Å²) in [7, 11) is 1.78. The van der Waals surface area contributed by atoms with Crippen molar-refractivity contribution < 1.29 is 9.90 Å². The summed E-state index contributed by atoms with van der Waals surface area (Å²) < 4.78 is 0. The molecule has 0 aromatic heterocycles. The van der Waals surface area contributed by atoms with Gasteiger partial charge in [-0.25, -0.2) is 0 Å². The Bertz CT molecular complexity index is 419. The minimum atomic E-state index is -0.0600. The highest BCUT2D eigenvalue weighted by atomic mass is 16.3. The third-order valence-electron chi connectivity index (χ3n) is 2.51. The van der Waals surface area contributed by atoms with Crippen molar-refractivity contribution in [2.24, 2.45) is 5.41 Å². The highest BCUT2D eigenvalue weighted by Crippen LogP contribution is 2.20. The lowest BCUT2D eigenvalue weighted by molar-refractivity contribution is 0.0745. The number of phenolic OH excluding ortho intramolecular Hbond substituents is 1. The van der Waals surface area contributed by atoms with E-state index in [2.05, 4.69) is 20.8 Å². The van der Waals surface area contributed by atoms with Crippen LogP contribution in [0.25, 0.3) is 0 Å². The van der Waals surface area contributed by atoms with Crippen LogP contribution in [0.3, 0.4) is 0 Å². The van der Waals surface area contributed by atoms with Gasteiger partial charge < -0.3 is 10.0 Å². The maximum Gasteiger partial charge on any atom is 0.253 e. The van der Waals surface area contributed by atoms with Gasteiger partial charge in [-0.2, -0.15) is 0 Å². The lowest BCUT2D eigenvalue weighted by atomic mass is 9.96. The van der Waals surface area contributed by atoms with E-state index in [9.17, 15) is 9.90 Å². The molecule has 1 rings (SSSR count). The van der Waals surface area contributed by atoms with Crippen LogP contribution < -0.4 is 0 Å². The van der Waals surface area contributed by atoms with Crippen LogP contribution in [-0.4, -0.2) is 29.5 Å². The summed E-state index contributed by atoms with van der Waals surface area (Å²) in [6.07, 6.45) is 0. The van der Waals surface area contributed by atoms with Gasteiger partial charge in [-0.3, -0.25) is 4.79 Å². The monoisotopic (exact) mass is 235 g/mol. The number of carbonyl (C=O) groups excluding carboxylic acids is 1. The molecule has 0 saturated heterocycles. The summed E-state index contributed by atoms with van der Waals surface area (Å²) in [5.41, 5.74) is 1.37. The third kappa shape index (κ3) is 3.77. The molecule has 0 bridgehead atoms. The Morgan fingerprint density at radius 1 is 1.35 bits per heavy atom. The van der Waals surface area contributed by atoms with Crippen LogP contribution in [0, 0.1) is 12.3 Å². The summed E-state index contributed by atoms with van der Waals surface area (Å²) in [5.74, 6) is 0.107. The van der Waals surface area contributed by atoms with Crippen LogP contribution in [0.1, 0.15) is 36.7 Å². The number of hydrogen-bond donors (Lipinski definition) is 1. The molecule has 0 aliphatic rings. The van der Waals surface area contributed by atoms with Crippen molar-refractivity contribution in [1.82, 2.24) is 4.90 Å². The van der Waals surface area contributed by atoms with Gasteiger partial charge in [-0.05, 0) is 30.0 Å². The first kappa shape index (κ1) is 13.6. The summed E-state index contributed by atoms with van der Waals surface area (Å²) in [6.45, 7) is 8.75. The molecule has 1 N–H and O–H groups in total. The van der Waals surface area contributed by atoms with Crippen LogP contribution in [-0.2, 0) is 0 Å². The molecule has 0 aliphatic heterocycles. The maximum atomic E-state index is 12.1. The predicted molar refractivity (Wildman–Crippen MR) is 69.3 cm³/mol. The quantitative estimate of drug-likeness (QED) is 0.856. The van der Waals surface area contributed by atoms with Crippen molar-refractivity contribution in [1.29, 1.82) is 0 Å². The largest absolute Gasteiger partial charge is 0.508 e. The Hall–Kier alpha value is -1.51. The minimum Gasteiger partial charge on any atom is -0.508 e. The van der Waals surface area contributed by atoms with E-state index in [1.54, 1.807) is 24.1 Å². The first-order valence-electron chi connectivity index (χ1n) is 5.76. The molecule has 3 nitrogen and oxygen atoms in total. The fourth-order valence-electron chi connectivity index (χ4n) is 1.75. The smallest absolute Gasteiger partial charge is 0.253 e. The van der Waals surface area contributed by atoms with Crippen LogP contribution in [0.2, 0.25) is 0 Å². The van der Waals surface area contributed by atoms with E-state index >= 15 is 0 Å². The van der Waals surface area contributed by atoms with E-state index in [-0.39, 0.29) is 17.1 Å². The zero-order valence-corrected chi connectivity index (χ0v) is 11.2. The zero-order valence-electron chi connectivity index (χ0n) is 11.2. The van der Waals surface area contributed by atoms with Crippen LogP contribution >= 0.6 is 0 Å². The Balaban J connectivity index is 2.85. The molecular formula is C14H21NO2. The van der Waals surface area contributed by atoms with Crippen molar-refractivity contribution in [3.05, 3.63) is 29.3 Å². The zero-order chi connectivity index (χ0) is 13.2. The number of carbonyl (C=O) groups is 1. The molecule has 94 valence electrons. The van der Waals surface area contributed by atoms with Crippen LogP contribution in [0.15, 0.2) is 18.2 Å². The number of rotatable bonds is 2. The second-order valence-corrected chi connectivity index (χ2v) is 5.72. The van der Waals surface area contributed by atoms with E-state index in [0.29, 0.717) is 12.1 Å². The molecule has 3 heteroatoms. The molecule has 1 aromatic carbocycles. The average molecular weight is 235 g/mol. The third-order valence-corrected chi connectivity index (χ3v) is 2.51. The number of phenols is 1. The molecule has 0 heterocycles. The molecular weight excluding hydrogens is 214 g/mol. The standard InChI is InChI=1S/C14H21NO2/c1-10-6-7-11(8-12(10)16)13(17)15(5)9-14(2,3)4/h6-8,16H,9H2,1-5H3. The Labute approximate surface area is 103 Å². The lowest BCUT2D eigenvalue weighted by Gasteiger charge is -2.26. The molecule has 1 amide bonds. The Kier molecular flexibility index (Phi) is 3.81. The molecule has 0 aliphatic carbocycles. The number of aryl methyl sites for hydroxylation is 1. The molecule has 0 fully saturated rings. The van der Waals surface area contributed by atoms with Gasteiger partial charge in [0.25, 0.3) is 5.91 Å². The summed E-state index contributed by atoms with van der Waals surface area (Å²) in [4.78, 5) is 13.8. The second-order valence-electron chi connectivity index (χ2n) is 5.72. The van der Waals surface area contributed by atoms with Gasteiger partial charge in [0.05, 0.1) is 0 Å². The lowest BCUT2D eigenvalue weighted by Crippen LogP contribution is -2.34. The van der Waals surface area contributed by atoms with E-state index in [1.165, 1.54) is 6.07 Å². The Morgan fingerprint density at radius 3 is 2.41 bits per heavy atom. The molecule has 0 atom stereocenters. The van der Waals surface area contributed by atoms with Gasteiger partial charge in [0.15, 0.2) is 0 Å². The number of hydrogen-bond acceptors (Lipinski definition) is 2. The topological polar surface area (TPSA) is 40.5 Å². The van der Waals surface area contributed by atoms with E-state index in [4.69, 9.17) is 0 Å². The highest BCUT2D eigenvalue weighted by molar-refractivity contribution is 5.94. The maximum absolute atomic E-state index is 12.1. The van der Waals surface area contributed by atoms with Crippen molar-refractivity contribution in [2.45, 2.75) is 27.7 Å². The summed E-state index contributed by atoms with van der Waals surface area (Å²) in [5, 5.41) is 9.59. The van der Waals surface area contributed by atoms with Crippen molar-refractivity contribution in [3.8, 4) is 5.75 Å². The molecule has 1 aromatic rings.